The number of nitrogens with zero attached hydrogens (tertiary/aromatic N) is 2. The van der Waals surface area contributed by atoms with Crippen molar-refractivity contribution in [2.24, 2.45) is 16.5 Å². The number of hydrogen-bond acceptors (Lipinski definition) is 9. The lowest BCUT2D eigenvalue weighted by Crippen LogP contribution is -2.59. The lowest BCUT2D eigenvalue weighted by atomic mass is 9.85. The molecule has 4 atom stereocenters. The molecule has 0 aromatic heterocycles. The number of carbonyl (C=O) groups excluding carboxylic acids is 5. The van der Waals surface area contributed by atoms with Crippen molar-refractivity contribution in [2.45, 2.75) is 141 Å². The second-order valence-corrected chi connectivity index (χ2v) is 16.4. The van der Waals surface area contributed by atoms with Crippen molar-refractivity contribution < 1.29 is 38.3 Å². The third kappa shape index (κ3) is 8.49. The number of alkyl carbamates (subject to hydrolysis) is 1. The average Bonchev–Trinajstić information content (AvgIpc) is 3.93. The molecule has 51 heavy (non-hydrogen) atoms. The molecule has 6 rings (SSSR count). The zero-order valence-corrected chi connectivity index (χ0v) is 30.8. The van der Waals surface area contributed by atoms with E-state index in [2.05, 4.69) is 21.1 Å². The smallest absolute Gasteiger partial charge is 0.408 e. The molecule has 13 nitrogen and oxygen atoms in total. The highest BCUT2D eigenvalue weighted by Gasteiger charge is 2.56. The minimum atomic E-state index is -1.05. The van der Waals surface area contributed by atoms with E-state index in [0.29, 0.717) is 18.6 Å². The number of nitrogens with one attached hydrogen (secondary N) is 3. The van der Waals surface area contributed by atoms with Crippen molar-refractivity contribution >= 4 is 35.3 Å². The van der Waals surface area contributed by atoms with Gasteiger partial charge in [-0.3, -0.25) is 19.2 Å². The topological polar surface area (TPSA) is 165 Å². The fourth-order valence-corrected chi connectivity index (χ4v) is 7.68. The lowest BCUT2D eigenvalue weighted by Gasteiger charge is -2.35. The zero-order valence-electron chi connectivity index (χ0n) is 30.8. The summed E-state index contributed by atoms with van der Waals surface area (Å²) in [5.41, 5.74) is 1.65. The van der Waals surface area contributed by atoms with E-state index in [1.54, 1.807) is 7.11 Å². The van der Waals surface area contributed by atoms with Gasteiger partial charge in [0, 0.05) is 24.4 Å². The van der Waals surface area contributed by atoms with Crippen LogP contribution in [0.1, 0.15) is 108 Å². The number of Topliss-reactive ketones (excluding diaryl/α,β-unsaturated/α-hetero) is 1. The van der Waals surface area contributed by atoms with E-state index in [4.69, 9.17) is 14.3 Å². The Bertz CT molecular complexity index is 1570. The van der Waals surface area contributed by atoms with Crippen LogP contribution in [0.3, 0.4) is 0 Å². The maximum atomic E-state index is 14.6. The Morgan fingerprint density at radius 1 is 1.00 bits per heavy atom. The Morgan fingerprint density at radius 2 is 1.67 bits per heavy atom. The summed E-state index contributed by atoms with van der Waals surface area (Å²) in [6, 6.07) is 0.854. The number of carbonyl (C=O) groups is 5. The molecule has 1 spiro atoms. The quantitative estimate of drug-likeness (QED) is 0.275. The molecule has 2 aliphatic heterocycles. The zero-order chi connectivity index (χ0) is 36.7. The highest BCUT2D eigenvalue weighted by Crippen LogP contribution is 2.41. The number of ether oxygens (including phenoxy) is 2. The van der Waals surface area contributed by atoms with Crippen LogP contribution in [0.15, 0.2) is 17.3 Å². The van der Waals surface area contributed by atoms with Crippen LogP contribution in [0.4, 0.5) is 4.79 Å². The van der Waals surface area contributed by atoms with Gasteiger partial charge in [0.1, 0.15) is 23.9 Å². The van der Waals surface area contributed by atoms with Crippen LogP contribution in [0, 0.1) is 25.2 Å². The van der Waals surface area contributed by atoms with E-state index in [0.717, 1.165) is 73.8 Å². The largest absolute Gasteiger partial charge is 0.496 e. The van der Waals surface area contributed by atoms with E-state index in [-0.39, 0.29) is 31.0 Å². The first-order chi connectivity index (χ1) is 24.2. The third-order valence-electron chi connectivity index (χ3n) is 10.8. The minimum absolute atomic E-state index is 0.00397. The number of likely N-dealkylation sites (tertiary alicyclic amines) is 1. The van der Waals surface area contributed by atoms with Crippen LogP contribution in [0.25, 0.3) is 0 Å². The average molecular weight is 708 g/mol. The van der Waals surface area contributed by atoms with E-state index in [1.807, 2.05) is 46.8 Å². The van der Waals surface area contributed by atoms with Gasteiger partial charge in [-0.2, -0.15) is 0 Å². The second-order valence-electron chi connectivity index (χ2n) is 16.4. The molecule has 4 amide bonds. The number of amides is 4. The van der Waals surface area contributed by atoms with Crippen molar-refractivity contribution in [3.63, 3.8) is 0 Å². The molecule has 3 saturated carbocycles. The molecule has 278 valence electrons. The summed E-state index contributed by atoms with van der Waals surface area (Å²) in [4.78, 5) is 75.8. The molecule has 3 aliphatic carbocycles. The molecule has 0 radical (unpaired) electrons. The number of rotatable bonds is 12. The number of methoxy groups -OCH3 is 1. The summed E-state index contributed by atoms with van der Waals surface area (Å²) in [6.45, 7) is 9.48. The van der Waals surface area contributed by atoms with Gasteiger partial charge in [-0.15, -0.1) is 0 Å². The Morgan fingerprint density at radius 3 is 2.25 bits per heavy atom. The number of oxime groups is 1. The fourth-order valence-electron chi connectivity index (χ4n) is 7.68. The molecule has 0 bridgehead atoms. The van der Waals surface area contributed by atoms with Crippen molar-refractivity contribution in [1.29, 1.82) is 0 Å². The first-order valence-electron chi connectivity index (χ1n) is 18.5. The van der Waals surface area contributed by atoms with Gasteiger partial charge >= 0.3 is 6.09 Å². The van der Waals surface area contributed by atoms with Crippen LogP contribution in [0.5, 0.6) is 5.75 Å². The molecule has 1 saturated heterocycles. The van der Waals surface area contributed by atoms with Gasteiger partial charge in [-0.05, 0) is 93.4 Å². The summed E-state index contributed by atoms with van der Waals surface area (Å²) in [5.74, 6) is -1.36. The molecule has 5 aliphatic rings. The first-order valence-corrected chi connectivity index (χ1v) is 18.5. The Labute approximate surface area is 299 Å². The monoisotopic (exact) mass is 707 g/mol. The highest BCUT2D eigenvalue weighted by atomic mass is 16.7. The van der Waals surface area contributed by atoms with Gasteiger partial charge in [-0.25, -0.2) is 4.79 Å². The van der Waals surface area contributed by atoms with Crippen LogP contribution >= 0.6 is 0 Å². The number of ketones is 1. The highest BCUT2D eigenvalue weighted by molar-refractivity contribution is 6.38. The van der Waals surface area contributed by atoms with Gasteiger partial charge in [0.05, 0.1) is 25.4 Å². The molecule has 2 heterocycles. The summed E-state index contributed by atoms with van der Waals surface area (Å²) in [5, 5.41) is 12.9. The van der Waals surface area contributed by atoms with Crippen molar-refractivity contribution in [1.82, 2.24) is 20.9 Å². The summed E-state index contributed by atoms with van der Waals surface area (Å²) in [7, 11) is 1.63. The molecule has 3 N–H and O–H groups in total. The van der Waals surface area contributed by atoms with Gasteiger partial charge in [0.2, 0.25) is 17.6 Å². The van der Waals surface area contributed by atoms with Crippen LogP contribution in [-0.4, -0.2) is 89.7 Å². The van der Waals surface area contributed by atoms with Gasteiger partial charge in [-0.1, -0.05) is 38.8 Å². The number of aryl methyl sites for hydroxylation is 2. The van der Waals surface area contributed by atoms with Crippen LogP contribution in [-0.2, 0) is 28.8 Å². The Balaban J connectivity index is 1.25. The number of hydrogen-bond donors (Lipinski definition) is 3. The number of benzene rings is 1. The van der Waals surface area contributed by atoms with E-state index < -0.39 is 58.7 Å². The predicted molar refractivity (Wildman–Crippen MR) is 188 cm³/mol. The maximum absolute atomic E-state index is 14.6. The van der Waals surface area contributed by atoms with Crippen molar-refractivity contribution in [3.8, 4) is 5.75 Å². The van der Waals surface area contributed by atoms with Crippen LogP contribution in [0.2, 0.25) is 0 Å². The third-order valence-corrected chi connectivity index (χ3v) is 10.8. The summed E-state index contributed by atoms with van der Waals surface area (Å²) in [6.07, 6.45) is 6.97. The fraction of sp³-hybridized carbons (Fsp3) is 0.684. The molecule has 1 aromatic rings. The molecular formula is C38H53N5O8. The summed E-state index contributed by atoms with van der Waals surface area (Å²) < 4.78 is 11.2. The predicted octanol–water partition coefficient (Wildman–Crippen LogP) is 3.99. The SMILES string of the molecule is COc1c(C)cc(C2=NO[C@]3(C2)C[C@@H](C(=O)NC(CC2CC2)C(=O)C(=O)NC2CC2)N(C(=O)[C@@H](NC(=O)OC2CCCC2)C(C)(C)C)C3)cc1C. The Kier molecular flexibility index (Phi) is 10.4. The first kappa shape index (κ1) is 36.6. The molecule has 1 unspecified atom stereocenters. The Hall–Kier alpha value is -4.16. The normalized spacial score (nSPS) is 24.4. The molecule has 1 aromatic carbocycles. The standard InChI is InChI=1S/C38H53N5O8/c1-21-15-24(16-22(2)31(21)49-6)28-18-38(51-42-28)19-29(33(45)40-27(17-23-11-12-23)30(44)34(46)39-25-13-14-25)43(20-38)35(47)32(37(3,4)5)41-36(48)50-26-9-7-8-10-26/h15-16,23,25-27,29,32H,7-14,17-20H2,1-6H3,(H,39,46)(H,40,45)(H,41,48)/t27?,29-,32+,38+/m0/s1. The maximum Gasteiger partial charge on any atom is 0.408 e. The van der Waals surface area contributed by atoms with E-state index >= 15 is 0 Å². The van der Waals surface area contributed by atoms with Crippen LogP contribution < -0.4 is 20.7 Å². The second kappa shape index (κ2) is 14.5. The van der Waals surface area contributed by atoms with E-state index in [1.165, 1.54) is 4.90 Å². The summed E-state index contributed by atoms with van der Waals surface area (Å²) >= 11 is 0. The molecule has 13 heteroatoms. The van der Waals surface area contributed by atoms with E-state index in [9.17, 15) is 24.0 Å². The van der Waals surface area contributed by atoms with Gasteiger partial charge in [0.25, 0.3) is 5.91 Å². The van der Waals surface area contributed by atoms with Crippen molar-refractivity contribution in [3.05, 3.63) is 28.8 Å². The lowest BCUT2D eigenvalue weighted by molar-refractivity contribution is -0.144. The van der Waals surface area contributed by atoms with Gasteiger partial charge < -0.3 is 35.2 Å². The van der Waals surface area contributed by atoms with Crippen molar-refractivity contribution in [2.75, 3.05) is 13.7 Å². The molecular weight excluding hydrogens is 654 g/mol. The minimum Gasteiger partial charge on any atom is -0.496 e. The van der Waals surface area contributed by atoms with Gasteiger partial charge in [0.15, 0.2) is 5.60 Å². The molecule has 4 fully saturated rings.